The van der Waals surface area contributed by atoms with Crippen LogP contribution in [0.25, 0.3) is 11.4 Å². The number of alkyl halides is 3. The van der Waals surface area contributed by atoms with Crippen LogP contribution in [0.3, 0.4) is 0 Å². The number of halogens is 4. The third-order valence-corrected chi connectivity index (χ3v) is 2.76. The van der Waals surface area contributed by atoms with Gasteiger partial charge < -0.3 is 0 Å². The van der Waals surface area contributed by atoms with Crippen LogP contribution in [0.15, 0.2) is 30.5 Å². The fraction of sp³-hybridized carbons (Fsp3) is 0.167. The number of benzene rings is 1. The summed E-state index contributed by atoms with van der Waals surface area (Å²) in [4.78, 5) is 8.03. The first-order valence-corrected chi connectivity index (χ1v) is 5.42. The molecule has 0 radical (unpaired) electrons. The largest absolute Gasteiger partial charge is 0.416 e. The average molecular weight is 273 g/mol. The number of aromatic nitrogens is 2. The van der Waals surface area contributed by atoms with Crippen molar-refractivity contribution in [3.8, 4) is 11.4 Å². The van der Waals surface area contributed by atoms with E-state index in [0.29, 0.717) is 22.1 Å². The predicted molar refractivity (Wildman–Crippen MR) is 62.2 cm³/mol. The van der Waals surface area contributed by atoms with Crippen LogP contribution in [0.2, 0.25) is 5.15 Å². The normalized spacial score (nSPS) is 11.6. The molecule has 0 fully saturated rings. The van der Waals surface area contributed by atoms with E-state index in [4.69, 9.17) is 11.6 Å². The van der Waals surface area contributed by atoms with E-state index in [2.05, 4.69) is 9.97 Å². The van der Waals surface area contributed by atoms with Gasteiger partial charge in [0, 0.05) is 17.3 Å². The summed E-state index contributed by atoms with van der Waals surface area (Å²) in [5.41, 5.74) is 0.502. The van der Waals surface area contributed by atoms with Gasteiger partial charge >= 0.3 is 6.18 Å². The van der Waals surface area contributed by atoms with Crippen molar-refractivity contribution >= 4 is 11.6 Å². The Morgan fingerprint density at radius 1 is 1.11 bits per heavy atom. The van der Waals surface area contributed by atoms with Crippen molar-refractivity contribution in [3.05, 3.63) is 46.7 Å². The predicted octanol–water partition coefficient (Wildman–Crippen LogP) is 4.12. The number of aryl methyl sites for hydroxylation is 1. The molecule has 1 heterocycles. The van der Waals surface area contributed by atoms with E-state index in [1.165, 1.54) is 18.3 Å². The van der Waals surface area contributed by atoms with Gasteiger partial charge in [0.2, 0.25) is 0 Å². The molecule has 0 aliphatic heterocycles. The van der Waals surface area contributed by atoms with Crippen molar-refractivity contribution in [3.63, 3.8) is 0 Å². The summed E-state index contributed by atoms with van der Waals surface area (Å²) in [5, 5.41) is 0.292. The summed E-state index contributed by atoms with van der Waals surface area (Å²) < 4.78 is 37.2. The van der Waals surface area contributed by atoms with Crippen molar-refractivity contribution < 1.29 is 13.2 Å². The minimum absolute atomic E-state index is 0.292. The molecular formula is C12H8ClF3N2. The third-order valence-electron chi connectivity index (χ3n) is 2.38. The zero-order valence-electron chi connectivity index (χ0n) is 9.29. The Kier molecular flexibility index (Phi) is 3.26. The van der Waals surface area contributed by atoms with Crippen LogP contribution < -0.4 is 0 Å². The molecular weight excluding hydrogens is 265 g/mol. The molecule has 1 aromatic heterocycles. The molecule has 2 rings (SSSR count). The minimum Gasteiger partial charge on any atom is -0.236 e. The van der Waals surface area contributed by atoms with Gasteiger partial charge in [-0.3, -0.25) is 0 Å². The molecule has 0 bridgehead atoms. The van der Waals surface area contributed by atoms with Gasteiger partial charge in [-0.05, 0) is 19.1 Å². The van der Waals surface area contributed by atoms with Crippen molar-refractivity contribution in [1.82, 2.24) is 9.97 Å². The fourth-order valence-electron chi connectivity index (χ4n) is 1.37. The highest BCUT2D eigenvalue weighted by Crippen LogP contribution is 2.30. The van der Waals surface area contributed by atoms with Crippen molar-refractivity contribution in [2.24, 2.45) is 0 Å². The van der Waals surface area contributed by atoms with Crippen LogP contribution >= 0.6 is 11.6 Å². The highest BCUT2D eigenvalue weighted by atomic mass is 35.5. The van der Waals surface area contributed by atoms with Crippen molar-refractivity contribution in [2.45, 2.75) is 13.1 Å². The van der Waals surface area contributed by atoms with Crippen molar-refractivity contribution in [1.29, 1.82) is 0 Å². The first kappa shape index (κ1) is 12.8. The van der Waals surface area contributed by atoms with Crippen LogP contribution in [-0.2, 0) is 6.18 Å². The fourth-order valence-corrected chi connectivity index (χ4v) is 1.50. The Morgan fingerprint density at radius 3 is 2.22 bits per heavy atom. The summed E-state index contributed by atoms with van der Waals surface area (Å²) in [6.07, 6.45) is -2.81. The van der Waals surface area contributed by atoms with E-state index in [1.54, 1.807) is 6.92 Å². The molecule has 0 saturated heterocycles. The lowest BCUT2D eigenvalue weighted by Gasteiger charge is -2.07. The van der Waals surface area contributed by atoms with Crippen LogP contribution in [0.4, 0.5) is 13.2 Å². The van der Waals surface area contributed by atoms with Crippen LogP contribution in [0, 0.1) is 6.92 Å². The van der Waals surface area contributed by atoms with E-state index < -0.39 is 11.7 Å². The van der Waals surface area contributed by atoms with Crippen LogP contribution in [-0.4, -0.2) is 9.97 Å². The van der Waals surface area contributed by atoms with Gasteiger partial charge in [0.25, 0.3) is 0 Å². The molecule has 6 heteroatoms. The summed E-state index contributed by atoms with van der Waals surface area (Å²) in [7, 11) is 0. The summed E-state index contributed by atoms with van der Waals surface area (Å²) >= 11 is 5.84. The van der Waals surface area contributed by atoms with E-state index in [1.807, 2.05) is 0 Å². The molecule has 2 aromatic rings. The molecule has 0 atom stereocenters. The minimum atomic E-state index is -4.34. The summed E-state index contributed by atoms with van der Waals surface area (Å²) in [5.74, 6) is 0.305. The Labute approximate surface area is 106 Å². The lowest BCUT2D eigenvalue weighted by atomic mass is 10.1. The SMILES string of the molecule is Cc1cnc(-c2ccc(C(F)(F)F)cc2)nc1Cl. The molecule has 0 unspecified atom stereocenters. The zero-order valence-corrected chi connectivity index (χ0v) is 10.0. The van der Waals surface area contributed by atoms with Gasteiger partial charge in [-0.15, -0.1) is 0 Å². The van der Waals surface area contributed by atoms with E-state index in [9.17, 15) is 13.2 Å². The van der Waals surface area contributed by atoms with E-state index >= 15 is 0 Å². The van der Waals surface area contributed by atoms with Gasteiger partial charge in [-0.25, -0.2) is 9.97 Å². The second-order valence-electron chi connectivity index (χ2n) is 3.74. The first-order chi connectivity index (χ1) is 8.38. The maximum absolute atomic E-state index is 12.4. The Balaban J connectivity index is 2.37. The highest BCUT2D eigenvalue weighted by molar-refractivity contribution is 6.30. The van der Waals surface area contributed by atoms with Gasteiger partial charge in [0.15, 0.2) is 5.82 Å². The molecule has 0 aliphatic rings. The maximum Gasteiger partial charge on any atom is 0.416 e. The average Bonchev–Trinajstić information content (AvgIpc) is 2.32. The maximum atomic E-state index is 12.4. The van der Waals surface area contributed by atoms with Gasteiger partial charge in [-0.1, -0.05) is 23.7 Å². The molecule has 0 N–H and O–H groups in total. The summed E-state index contributed by atoms with van der Waals surface area (Å²) in [6, 6.07) is 4.63. The quantitative estimate of drug-likeness (QED) is 0.730. The number of rotatable bonds is 1. The van der Waals surface area contributed by atoms with E-state index in [0.717, 1.165) is 12.1 Å². The Morgan fingerprint density at radius 2 is 1.72 bits per heavy atom. The topological polar surface area (TPSA) is 25.8 Å². The molecule has 1 aromatic carbocycles. The molecule has 0 aliphatic carbocycles. The number of hydrogen-bond donors (Lipinski definition) is 0. The van der Waals surface area contributed by atoms with E-state index in [-0.39, 0.29) is 0 Å². The lowest BCUT2D eigenvalue weighted by molar-refractivity contribution is -0.137. The Hall–Kier alpha value is -1.62. The highest BCUT2D eigenvalue weighted by Gasteiger charge is 2.30. The second-order valence-corrected chi connectivity index (χ2v) is 4.10. The molecule has 2 nitrogen and oxygen atoms in total. The lowest BCUT2D eigenvalue weighted by Crippen LogP contribution is -2.04. The third kappa shape index (κ3) is 2.61. The number of nitrogens with zero attached hydrogens (tertiary/aromatic N) is 2. The van der Waals surface area contributed by atoms with Crippen LogP contribution in [0.5, 0.6) is 0 Å². The molecule has 0 amide bonds. The standard InChI is InChI=1S/C12H8ClF3N2/c1-7-6-17-11(18-10(7)13)8-2-4-9(5-3-8)12(14,15)16/h2-6H,1H3. The Bertz CT molecular complexity index is 565. The summed E-state index contributed by atoms with van der Waals surface area (Å²) in [6.45, 7) is 1.75. The van der Waals surface area contributed by atoms with Gasteiger partial charge in [0.1, 0.15) is 5.15 Å². The monoisotopic (exact) mass is 272 g/mol. The molecule has 94 valence electrons. The molecule has 0 saturated carbocycles. The first-order valence-electron chi connectivity index (χ1n) is 5.04. The van der Waals surface area contributed by atoms with Crippen LogP contribution in [0.1, 0.15) is 11.1 Å². The molecule has 0 spiro atoms. The smallest absolute Gasteiger partial charge is 0.236 e. The van der Waals surface area contributed by atoms with Gasteiger partial charge in [0.05, 0.1) is 5.56 Å². The van der Waals surface area contributed by atoms with Crippen molar-refractivity contribution in [2.75, 3.05) is 0 Å². The molecule has 18 heavy (non-hydrogen) atoms. The second kappa shape index (κ2) is 4.57. The zero-order chi connectivity index (χ0) is 13.3. The number of hydrogen-bond acceptors (Lipinski definition) is 2. The van der Waals surface area contributed by atoms with Gasteiger partial charge in [-0.2, -0.15) is 13.2 Å².